The second-order valence-corrected chi connectivity index (χ2v) is 5.39. The number of benzene rings is 1. The first-order chi connectivity index (χ1) is 9.22. The Morgan fingerprint density at radius 2 is 2.21 bits per heavy atom. The van der Waals surface area contributed by atoms with Gasteiger partial charge in [0.1, 0.15) is 0 Å². The van der Waals surface area contributed by atoms with Crippen molar-refractivity contribution in [1.29, 1.82) is 0 Å². The summed E-state index contributed by atoms with van der Waals surface area (Å²) < 4.78 is 0. The minimum atomic E-state index is 0.0606. The molecule has 0 spiro atoms. The van der Waals surface area contributed by atoms with Crippen molar-refractivity contribution < 1.29 is 9.59 Å². The normalized spacial score (nSPS) is 17.6. The summed E-state index contributed by atoms with van der Waals surface area (Å²) in [7, 11) is 0. The van der Waals surface area contributed by atoms with E-state index in [1.165, 1.54) is 12.0 Å². The smallest absolute Gasteiger partial charge is 0.228 e. The Balaban J connectivity index is 1.52. The molecule has 0 saturated heterocycles. The van der Waals surface area contributed by atoms with Crippen molar-refractivity contribution in [2.75, 3.05) is 11.9 Å². The maximum Gasteiger partial charge on any atom is 0.228 e. The van der Waals surface area contributed by atoms with Crippen molar-refractivity contribution in [1.82, 2.24) is 5.32 Å². The van der Waals surface area contributed by atoms with Gasteiger partial charge in [0.15, 0.2) is 0 Å². The number of carbonyl (C=O) groups excluding carboxylic acids is 2. The van der Waals surface area contributed by atoms with Crippen molar-refractivity contribution in [3.8, 4) is 0 Å². The van der Waals surface area contributed by atoms with E-state index in [0.717, 1.165) is 30.5 Å². The molecule has 0 bridgehead atoms. The van der Waals surface area contributed by atoms with E-state index in [2.05, 4.69) is 16.7 Å². The summed E-state index contributed by atoms with van der Waals surface area (Å²) in [5.74, 6) is 0.511. The number of fused-ring (bicyclic) bond motifs is 1. The second-order valence-electron chi connectivity index (χ2n) is 5.39. The summed E-state index contributed by atoms with van der Waals surface area (Å²) in [5, 5.41) is 5.81. The first-order valence-corrected chi connectivity index (χ1v) is 6.92. The maximum absolute atomic E-state index is 11.7. The fourth-order valence-electron chi connectivity index (χ4n) is 2.58. The van der Waals surface area contributed by atoms with Gasteiger partial charge in [-0.3, -0.25) is 9.59 Å². The molecule has 1 fully saturated rings. The highest BCUT2D eigenvalue weighted by molar-refractivity contribution is 5.99. The van der Waals surface area contributed by atoms with Gasteiger partial charge in [0.25, 0.3) is 0 Å². The van der Waals surface area contributed by atoms with Crippen molar-refractivity contribution in [3.63, 3.8) is 0 Å². The minimum Gasteiger partial charge on any atom is -0.356 e. The second kappa shape index (κ2) is 5.03. The average Bonchev–Trinajstić information content (AvgIpc) is 2.66. The van der Waals surface area contributed by atoms with E-state index in [4.69, 9.17) is 0 Å². The fourth-order valence-corrected chi connectivity index (χ4v) is 2.58. The third-order valence-electron chi connectivity index (χ3n) is 3.98. The van der Waals surface area contributed by atoms with Gasteiger partial charge in [0, 0.05) is 18.2 Å². The molecule has 1 aromatic rings. The van der Waals surface area contributed by atoms with Crippen LogP contribution in [0, 0.1) is 5.92 Å². The van der Waals surface area contributed by atoms with Crippen LogP contribution < -0.4 is 10.6 Å². The average molecular weight is 258 g/mol. The van der Waals surface area contributed by atoms with Crippen molar-refractivity contribution in [2.24, 2.45) is 5.92 Å². The molecule has 1 saturated carbocycles. The van der Waals surface area contributed by atoms with Gasteiger partial charge in [-0.2, -0.15) is 0 Å². The number of hydrogen-bond acceptors (Lipinski definition) is 2. The summed E-state index contributed by atoms with van der Waals surface area (Å²) in [6, 6.07) is 6.02. The SMILES string of the molecule is O=C1Cc2cc(CCNC(=O)C3CCC3)ccc2N1. The molecule has 3 rings (SSSR count). The van der Waals surface area contributed by atoms with Crippen LogP contribution in [0.2, 0.25) is 0 Å². The lowest BCUT2D eigenvalue weighted by atomic mass is 9.85. The highest BCUT2D eigenvalue weighted by atomic mass is 16.2. The Kier molecular flexibility index (Phi) is 3.23. The highest BCUT2D eigenvalue weighted by Gasteiger charge is 2.24. The largest absolute Gasteiger partial charge is 0.356 e. The summed E-state index contributed by atoms with van der Waals surface area (Å²) in [6.45, 7) is 0.676. The zero-order chi connectivity index (χ0) is 13.2. The molecule has 0 atom stereocenters. The lowest BCUT2D eigenvalue weighted by molar-refractivity contribution is -0.127. The molecule has 0 radical (unpaired) electrons. The van der Waals surface area contributed by atoms with Crippen LogP contribution in [-0.4, -0.2) is 18.4 Å². The molecular weight excluding hydrogens is 240 g/mol. The monoisotopic (exact) mass is 258 g/mol. The van der Waals surface area contributed by atoms with Crippen LogP contribution in [0.15, 0.2) is 18.2 Å². The van der Waals surface area contributed by atoms with E-state index in [9.17, 15) is 9.59 Å². The van der Waals surface area contributed by atoms with Gasteiger partial charge in [-0.15, -0.1) is 0 Å². The van der Waals surface area contributed by atoms with Crippen molar-refractivity contribution in [3.05, 3.63) is 29.3 Å². The summed E-state index contributed by atoms with van der Waals surface area (Å²) in [5.41, 5.74) is 3.16. The molecule has 1 aliphatic carbocycles. The number of anilines is 1. The van der Waals surface area contributed by atoms with Crippen molar-refractivity contribution in [2.45, 2.75) is 32.1 Å². The standard InChI is InChI=1S/C15H18N2O2/c18-14-9-12-8-10(4-5-13(12)17-14)6-7-16-15(19)11-2-1-3-11/h4-5,8,11H,1-3,6-7,9H2,(H,16,19)(H,17,18). The zero-order valence-electron chi connectivity index (χ0n) is 10.9. The molecule has 2 N–H and O–H groups in total. The molecule has 100 valence electrons. The fraction of sp³-hybridized carbons (Fsp3) is 0.467. The molecule has 4 heteroatoms. The van der Waals surface area contributed by atoms with Gasteiger partial charge in [0.05, 0.1) is 6.42 Å². The van der Waals surface area contributed by atoms with Crippen LogP contribution in [0.3, 0.4) is 0 Å². The number of carbonyl (C=O) groups is 2. The van der Waals surface area contributed by atoms with Gasteiger partial charge in [-0.25, -0.2) is 0 Å². The van der Waals surface area contributed by atoms with Gasteiger partial charge in [-0.1, -0.05) is 18.6 Å². The van der Waals surface area contributed by atoms with E-state index in [0.29, 0.717) is 13.0 Å². The van der Waals surface area contributed by atoms with Crippen LogP contribution in [0.1, 0.15) is 30.4 Å². The molecule has 2 aliphatic rings. The van der Waals surface area contributed by atoms with E-state index in [-0.39, 0.29) is 17.7 Å². The van der Waals surface area contributed by atoms with Gasteiger partial charge in [0.2, 0.25) is 11.8 Å². The molecule has 1 heterocycles. The molecule has 1 aliphatic heterocycles. The Morgan fingerprint density at radius 1 is 1.37 bits per heavy atom. The molecule has 2 amide bonds. The summed E-state index contributed by atoms with van der Waals surface area (Å²) in [4.78, 5) is 22.9. The number of nitrogens with one attached hydrogen (secondary N) is 2. The van der Waals surface area contributed by atoms with Crippen LogP contribution in [0.25, 0.3) is 0 Å². The number of hydrogen-bond donors (Lipinski definition) is 2. The van der Waals surface area contributed by atoms with E-state index < -0.39 is 0 Å². The Labute approximate surface area is 112 Å². The first kappa shape index (κ1) is 12.2. The van der Waals surface area contributed by atoms with Crippen LogP contribution >= 0.6 is 0 Å². The lowest BCUT2D eigenvalue weighted by Gasteiger charge is -2.24. The van der Waals surface area contributed by atoms with E-state index in [1.54, 1.807) is 0 Å². The molecular formula is C15H18N2O2. The number of rotatable bonds is 4. The molecule has 1 aromatic carbocycles. The molecule has 19 heavy (non-hydrogen) atoms. The van der Waals surface area contributed by atoms with Gasteiger partial charge >= 0.3 is 0 Å². The van der Waals surface area contributed by atoms with Crippen molar-refractivity contribution >= 4 is 17.5 Å². The quantitative estimate of drug-likeness (QED) is 0.862. The van der Waals surface area contributed by atoms with E-state index >= 15 is 0 Å². The summed E-state index contributed by atoms with van der Waals surface area (Å²) in [6.07, 6.45) is 4.55. The molecule has 0 aromatic heterocycles. The Morgan fingerprint density at radius 3 is 2.95 bits per heavy atom. The first-order valence-electron chi connectivity index (χ1n) is 6.92. The van der Waals surface area contributed by atoms with Gasteiger partial charge < -0.3 is 10.6 Å². The lowest BCUT2D eigenvalue weighted by Crippen LogP contribution is -2.35. The molecule has 4 nitrogen and oxygen atoms in total. The van der Waals surface area contributed by atoms with Crippen LogP contribution in [0.5, 0.6) is 0 Å². The minimum absolute atomic E-state index is 0.0606. The molecule has 0 unspecified atom stereocenters. The van der Waals surface area contributed by atoms with Crippen LogP contribution in [-0.2, 0) is 22.4 Å². The van der Waals surface area contributed by atoms with Crippen LogP contribution in [0.4, 0.5) is 5.69 Å². The summed E-state index contributed by atoms with van der Waals surface area (Å²) >= 11 is 0. The highest BCUT2D eigenvalue weighted by Crippen LogP contribution is 2.26. The Bertz CT molecular complexity index is 521. The topological polar surface area (TPSA) is 58.2 Å². The predicted molar refractivity (Wildman–Crippen MR) is 72.8 cm³/mol. The maximum atomic E-state index is 11.7. The number of amides is 2. The third-order valence-corrected chi connectivity index (χ3v) is 3.98. The van der Waals surface area contributed by atoms with Gasteiger partial charge in [-0.05, 0) is 36.5 Å². The van der Waals surface area contributed by atoms with E-state index in [1.807, 2.05) is 12.1 Å². The predicted octanol–water partition coefficient (Wildman–Crippen LogP) is 1.64. The third kappa shape index (κ3) is 2.62. The Hall–Kier alpha value is -1.84. The zero-order valence-corrected chi connectivity index (χ0v) is 10.9.